The number of benzene rings is 1. The summed E-state index contributed by atoms with van der Waals surface area (Å²) in [5, 5.41) is 3.47. The van der Waals surface area contributed by atoms with Gasteiger partial charge in [0.25, 0.3) is 5.91 Å². The van der Waals surface area contributed by atoms with Gasteiger partial charge in [0.1, 0.15) is 0 Å². The molecule has 1 atom stereocenters. The highest BCUT2D eigenvalue weighted by Crippen LogP contribution is 2.29. The molecular weight excluding hydrogens is 464 g/mol. The Morgan fingerprint density at radius 3 is 2.66 bits per heavy atom. The van der Waals surface area contributed by atoms with Crippen molar-refractivity contribution in [2.45, 2.75) is 43.6 Å². The molecule has 0 spiro atoms. The fourth-order valence-corrected chi connectivity index (χ4v) is 6.18. The van der Waals surface area contributed by atoms with Crippen LogP contribution in [-0.4, -0.2) is 60.9 Å². The second-order valence-corrected chi connectivity index (χ2v) is 11.3. The van der Waals surface area contributed by atoms with Gasteiger partial charge in [0.2, 0.25) is 10.0 Å². The lowest BCUT2D eigenvalue weighted by Gasteiger charge is -2.29. The van der Waals surface area contributed by atoms with E-state index in [4.69, 9.17) is 9.72 Å². The van der Waals surface area contributed by atoms with Crippen LogP contribution in [0.3, 0.4) is 0 Å². The predicted octanol–water partition coefficient (Wildman–Crippen LogP) is 3.63. The molecule has 35 heavy (non-hydrogen) atoms. The molecule has 0 aliphatic carbocycles. The minimum Gasteiger partial charge on any atom is -0.376 e. The van der Waals surface area contributed by atoms with Crippen molar-refractivity contribution in [1.29, 1.82) is 0 Å². The molecule has 4 heterocycles. The van der Waals surface area contributed by atoms with Crippen LogP contribution in [-0.2, 0) is 14.8 Å². The number of ether oxygens (including phenoxy) is 1. The summed E-state index contributed by atoms with van der Waals surface area (Å²) in [5.74, 6) is 0.234. The number of sulfonamides is 1. The van der Waals surface area contributed by atoms with Crippen LogP contribution in [0.4, 0.5) is 0 Å². The first kappa shape index (κ1) is 23.8. The number of pyridine rings is 2. The second kappa shape index (κ2) is 10.0. The first-order valence-electron chi connectivity index (χ1n) is 12.2. The third-order valence-corrected chi connectivity index (χ3v) is 8.74. The molecule has 9 heteroatoms. The Balaban J connectivity index is 1.54. The van der Waals surface area contributed by atoms with Gasteiger partial charge >= 0.3 is 0 Å². The van der Waals surface area contributed by atoms with E-state index in [0.717, 1.165) is 25.7 Å². The van der Waals surface area contributed by atoms with Crippen molar-refractivity contribution in [2.75, 3.05) is 26.2 Å². The van der Waals surface area contributed by atoms with E-state index in [1.165, 1.54) is 0 Å². The minimum atomic E-state index is -3.67. The molecule has 1 amide bonds. The highest BCUT2D eigenvalue weighted by molar-refractivity contribution is 7.89. The molecule has 1 N–H and O–H groups in total. The predicted molar refractivity (Wildman–Crippen MR) is 133 cm³/mol. The van der Waals surface area contributed by atoms with Crippen LogP contribution in [0.15, 0.2) is 53.6 Å². The zero-order valence-electron chi connectivity index (χ0n) is 19.8. The molecule has 2 aromatic heterocycles. The lowest BCUT2D eigenvalue weighted by atomic mass is 10.0. The summed E-state index contributed by atoms with van der Waals surface area (Å²) >= 11 is 0. The molecular formula is C26H30N4O4S. The van der Waals surface area contributed by atoms with Crippen LogP contribution >= 0.6 is 0 Å². The van der Waals surface area contributed by atoms with Gasteiger partial charge < -0.3 is 10.1 Å². The number of carbonyl (C=O) groups is 1. The fraction of sp³-hybridized carbons (Fsp3) is 0.423. The Bertz CT molecular complexity index is 1320. The van der Waals surface area contributed by atoms with E-state index in [-0.39, 0.29) is 16.9 Å². The molecule has 2 aliphatic heterocycles. The van der Waals surface area contributed by atoms with Gasteiger partial charge in [0.15, 0.2) is 0 Å². The average Bonchev–Trinajstić information content (AvgIpc) is 3.41. The summed E-state index contributed by atoms with van der Waals surface area (Å²) in [6.07, 6.45) is 5.26. The molecule has 2 aliphatic rings. The monoisotopic (exact) mass is 494 g/mol. The largest absolute Gasteiger partial charge is 0.376 e. The summed E-state index contributed by atoms with van der Waals surface area (Å²) in [6, 6.07) is 12.0. The van der Waals surface area contributed by atoms with Crippen LogP contribution in [0, 0.1) is 5.92 Å². The quantitative estimate of drug-likeness (QED) is 0.562. The minimum absolute atomic E-state index is 0.000237. The van der Waals surface area contributed by atoms with Crippen molar-refractivity contribution >= 4 is 26.8 Å². The van der Waals surface area contributed by atoms with Gasteiger partial charge in [-0.2, -0.15) is 4.31 Å². The van der Waals surface area contributed by atoms with Gasteiger partial charge in [-0.3, -0.25) is 9.78 Å². The van der Waals surface area contributed by atoms with Crippen LogP contribution in [0.1, 0.15) is 43.0 Å². The van der Waals surface area contributed by atoms with Gasteiger partial charge in [0.05, 0.1) is 33.5 Å². The average molecular weight is 495 g/mol. The number of piperidine rings is 1. The SMILES string of the molecule is CC1CCN(S(=O)(=O)c2ccc3nc(-c4ccccn4)cc(C(=O)NC[C@@H]4CCCO4)c3c2)CC1. The van der Waals surface area contributed by atoms with E-state index in [2.05, 4.69) is 17.2 Å². The number of fused-ring (bicyclic) bond motifs is 1. The van der Waals surface area contributed by atoms with Gasteiger partial charge in [-0.1, -0.05) is 13.0 Å². The van der Waals surface area contributed by atoms with Crippen LogP contribution < -0.4 is 5.32 Å². The topological polar surface area (TPSA) is 101 Å². The highest BCUT2D eigenvalue weighted by Gasteiger charge is 2.29. The fourth-order valence-electron chi connectivity index (χ4n) is 4.68. The smallest absolute Gasteiger partial charge is 0.252 e. The summed E-state index contributed by atoms with van der Waals surface area (Å²) in [4.78, 5) is 22.6. The summed E-state index contributed by atoms with van der Waals surface area (Å²) in [7, 11) is -3.67. The first-order valence-corrected chi connectivity index (χ1v) is 13.6. The number of hydrogen-bond donors (Lipinski definition) is 1. The third kappa shape index (κ3) is 5.07. The number of aromatic nitrogens is 2. The first-order chi connectivity index (χ1) is 16.9. The third-order valence-electron chi connectivity index (χ3n) is 6.85. The number of hydrogen-bond acceptors (Lipinski definition) is 6. The molecule has 0 bridgehead atoms. The zero-order valence-corrected chi connectivity index (χ0v) is 20.6. The van der Waals surface area contributed by atoms with Crippen LogP contribution in [0.2, 0.25) is 0 Å². The molecule has 0 saturated carbocycles. The Morgan fingerprint density at radius 2 is 1.94 bits per heavy atom. The number of nitrogens with one attached hydrogen (secondary N) is 1. The van der Waals surface area contributed by atoms with Crippen molar-refractivity contribution in [3.63, 3.8) is 0 Å². The number of carbonyl (C=O) groups excluding carboxylic acids is 1. The maximum atomic E-state index is 13.4. The zero-order chi connectivity index (χ0) is 24.4. The van der Waals surface area contributed by atoms with Gasteiger partial charge in [0, 0.05) is 37.8 Å². The molecule has 2 fully saturated rings. The lowest BCUT2D eigenvalue weighted by molar-refractivity contribution is 0.0859. The van der Waals surface area contributed by atoms with Crippen molar-refractivity contribution in [3.05, 3.63) is 54.2 Å². The molecule has 8 nitrogen and oxygen atoms in total. The van der Waals surface area contributed by atoms with E-state index >= 15 is 0 Å². The van der Waals surface area contributed by atoms with Gasteiger partial charge in [-0.25, -0.2) is 13.4 Å². The van der Waals surface area contributed by atoms with E-state index < -0.39 is 10.0 Å². The number of rotatable bonds is 6. The molecule has 3 aromatic rings. The highest BCUT2D eigenvalue weighted by atomic mass is 32.2. The molecule has 1 aromatic carbocycles. The normalized spacial score (nSPS) is 19.7. The summed E-state index contributed by atoms with van der Waals surface area (Å²) in [6.45, 7) is 4.27. The number of amides is 1. The Morgan fingerprint density at radius 1 is 1.11 bits per heavy atom. The standard InChI is InChI=1S/C26H30N4O4S/c1-18-9-12-30(13-10-18)35(32,33)20-7-8-23-21(15-20)22(26(31)28-17-19-5-4-14-34-19)16-25(29-23)24-6-2-3-11-27-24/h2-3,6-8,11,15-16,18-19H,4-5,9-10,12-14,17H2,1H3,(H,28,31)/t19-/m0/s1. The van der Waals surface area contributed by atoms with Crippen LogP contribution in [0.5, 0.6) is 0 Å². The van der Waals surface area contributed by atoms with E-state index in [1.807, 2.05) is 18.2 Å². The maximum absolute atomic E-state index is 13.4. The number of nitrogens with zero attached hydrogens (tertiary/aromatic N) is 3. The molecule has 0 radical (unpaired) electrons. The van der Waals surface area contributed by atoms with E-state index in [0.29, 0.717) is 60.0 Å². The van der Waals surface area contributed by atoms with Crippen molar-refractivity contribution in [3.8, 4) is 11.4 Å². The Hall–Kier alpha value is -2.88. The maximum Gasteiger partial charge on any atom is 0.252 e. The lowest BCUT2D eigenvalue weighted by Crippen LogP contribution is -2.37. The molecule has 184 valence electrons. The summed E-state index contributed by atoms with van der Waals surface area (Å²) < 4.78 is 33.9. The van der Waals surface area contributed by atoms with Crippen LogP contribution in [0.25, 0.3) is 22.3 Å². The summed E-state index contributed by atoms with van der Waals surface area (Å²) in [5.41, 5.74) is 2.11. The van der Waals surface area contributed by atoms with Gasteiger partial charge in [-0.05, 0) is 68.0 Å². The van der Waals surface area contributed by atoms with Crippen molar-refractivity contribution in [1.82, 2.24) is 19.6 Å². The van der Waals surface area contributed by atoms with E-state index in [1.54, 1.807) is 34.8 Å². The van der Waals surface area contributed by atoms with Crippen molar-refractivity contribution < 1.29 is 17.9 Å². The molecule has 2 saturated heterocycles. The second-order valence-electron chi connectivity index (χ2n) is 9.38. The Labute approximate surface area is 205 Å². The van der Waals surface area contributed by atoms with E-state index in [9.17, 15) is 13.2 Å². The Kier molecular flexibility index (Phi) is 6.82. The van der Waals surface area contributed by atoms with Gasteiger partial charge in [-0.15, -0.1) is 0 Å². The molecule has 5 rings (SSSR count). The van der Waals surface area contributed by atoms with Crippen molar-refractivity contribution in [2.24, 2.45) is 5.92 Å². The molecule has 0 unspecified atom stereocenters.